The fraction of sp³-hybridized carbons (Fsp3) is 0.170. The van der Waals surface area contributed by atoms with Crippen molar-refractivity contribution in [2.75, 3.05) is 14.7 Å². The average Bonchev–Trinajstić information content (AvgIpc) is 1.15. The molecule has 14 rings (SSSR count). The van der Waals surface area contributed by atoms with Crippen LogP contribution in [0.3, 0.4) is 0 Å². The predicted octanol–water partition coefficient (Wildman–Crippen LogP) is 27.4. The maximum absolute atomic E-state index is 6.29. The van der Waals surface area contributed by atoms with E-state index in [0.29, 0.717) is 0 Å². The molecular weight excluding hydrogens is 1370 g/mol. The van der Waals surface area contributed by atoms with Crippen molar-refractivity contribution in [3.05, 3.63) is 356 Å². The molecule has 0 radical (unpaired) electrons. The molecule has 1 saturated heterocycles. The van der Waals surface area contributed by atoms with Gasteiger partial charge >= 0.3 is 7.12 Å². The Labute approximate surface area is 624 Å². The molecule has 102 heavy (non-hydrogen) atoms. The van der Waals surface area contributed by atoms with Crippen LogP contribution in [0.1, 0.15) is 85.2 Å². The molecule has 0 N–H and O–H groups in total. The molecule has 0 unspecified atom stereocenters. The second-order valence-electron chi connectivity index (χ2n) is 27.7. The van der Waals surface area contributed by atoms with Crippen LogP contribution in [-0.4, -0.2) is 18.3 Å². The summed E-state index contributed by atoms with van der Waals surface area (Å²) in [6.45, 7) is 27.8. The van der Waals surface area contributed by atoms with Crippen molar-refractivity contribution in [2.24, 2.45) is 0 Å². The Bertz CT molecular complexity index is 4650. The number of halogens is 2. The number of hydrogen-bond donors (Lipinski definition) is 0. The highest BCUT2D eigenvalue weighted by molar-refractivity contribution is 9.11. The van der Waals surface area contributed by atoms with Gasteiger partial charge in [-0.15, -0.1) is 0 Å². The Balaban J connectivity index is 0.000000188. The van der Waals surface area contributed by atoms with E-state index in [0.717, 1.165) is 71.2 Å². The molecule has 0 spiro atoms. The molecule has 0 amide bonds. The van der Waals surface area contributed by atoms with Gasteiger partial charge in [-0.3, -0.25) is 0 Å². The van der Waals surface area contributed by atoms with E-state index < -0.39 is 0 Å². The zero-order chi connectivity index (χ0) is 71.1. The van der Waals surface area contributed by atoms with Gasteiger partial charge in [0.2, 0.25) is 0 Å². The van der Waals surface area contributed by atoms with Crippen molar-refractivity contribution in [3.8, 4) is 44.5 Å². The molecule has 512 valence electrons. The zero-order valence-corrected chi connectivity index (χ0v) is 63.5. The molecular formula is C94H92BBr2N3O2. The summed E-state index contributed by atoms with van der Waals surface area (Å²) in [7, 11) is -0.355. The van der Waals surface area contributed by atoms with Crippen LogP contribution in [0.2, 0.25) is 0 Å². The molecule has 1 aliphatic heterocycles. The SMILES string of the molecule is Brc1cccc(Br)c1-c1ccccc1.C.Cc1ccc(N(c2ccc(C)cc2)c2ccc(-c3cccc(-c4ccc(N(c5ccc(C)cc5)c5ccc(C)cc5)cc4C)c3-c3ccccc3)c(C)c2)cc1.Cc1ccc(N(c2ccc(C)cc2)c2ccc(B3OC(C)(C)C(C)(C)O3)c(C)c2)cc1. The van der Waals surface area contributed by atoms with Crippen molar-refractivity contribution in [2.45, 2.75) is 109 Å². The minimum absolute atomic E-state index is 0. The largest absolute Gasteiger partial charge is 0.495 e. The van der Waals surface area contributed by atoms with Gasteiger partial charge in [-0.1, -0.05) is 249 Å². The fourth-order valence-corrected chi connectivity index (χ4v) is 14.5. The third-order valence-corrected chi connectivity index (χ3v) is 20.8. The monoisotopic (exact) mass is 1460 g/mol. The van der Waals surface area contributed by atoms with Gasteiger partial charge < -0.3 is 24.0 Å². The third kappa shape index (κ3) is 16.6. The average molecular weight is 1470 g/mol. The summed E-state index contributed by atoms with van der Waals surface area (Å²) in [6.07, 6.45) is 0. The van der Waals surface area contributed by atoms with E-state index in [2.05, 4.69) is 397 Å². The maximum Gasteiger partial charge on any atom is 0.495 e. The Hall–Kier alpha value is -9.80. The molecule has 0 bridgehead atoms. The normalized spacial score (nSPS) is 12.6. The molecule has 5 nitrogen and oxygen atoms in total. The molecule has 0 aliphatic carbocycles. The smallest absolute Gasteiger partial charge is 0.399 e. The van der Waals surface area contributed by atoms with Gasteiger partial charge in [0.15, 0.2) is 0 Å². The highest BCUT2D eigenvalue weighted by Crippen LogP contribution is 2.47. The minimum atomic E-state index is -0.355. The van der Waals surface area contributed by atoms with Crippen LogP contribution >= 0.6 is 31.9 Å². The van der Waals surface area contributed by atoms with Crippen LogP contribution in [0, 0.1) is 62.3 Å². The quantitative estimate of drug-likeness (QED) is 0.101. The summed E-state index contributed by atoms with van der Waals surface area (Å²) >= 11 is 7.11. The van der Waals surface area contributed by atoms with Crippen molar-refractivity contribution >= 4 is 95.6 Å². The molecule has 0 atom stereocenters. The molecule has 1 fully saturated rings. The van der Waals surface area contributed by atoms with E-state index in [9.17, 15) is 0 Å². The van der Waals surface area contributed by atoms with Crippen LogP contribution in [0.4, 0.5) is 51.2 Å². The zero-order valence-electron chi connectivity index (χ0n) is 60.3. The number of rotatable bonds is 14. The van der Waals surface area contributed by atoms with Crippen molar-refractivity contribution in [3.63, 3.8) is 0 Å². The summed E-state index contributed by atoms with van der Waals surface area (Å²) in [5.41, 5.74) is 31.4. The first-order valence-electron chi connectivity index (χ1n) is 34.8. The van der Waals surface area contributed by atoms with Crippen LogP contribution in [0.15, 0.2) is 306 Å². The summed E-state index contributed by atoms with van der Waals surface area (Å²) < 4.78 is 14.8. The van der Waals surface area contributed by atoms with Crippen molar-refractivity contribution < 1.29 is 9.31 Å². The van der Waals surface area contributed by atoms with Crippen molar-refractivity contribution in [1.82, 2.24) is 0 Å². The summed E-state index contributed by atoms with van der Waals surface area (Å²) in [5.74, 6) is 0. The van der Waals surface area contributed by atoms with Crippen LogP contribution in [-0.2, 0) is 9.31 Å². The lowest BCUT2D eigenvalue weighted by molar-refractivity contribution is 0.00578. The predicted molar refractivity (Wildman–Crippen MR) is 446 cm³/mol. The first-order valence-corrected chi connectivity index (χ1v) is 36.3. The van der Waals surface area contributed by atoms with Crippen molar-refractivity contribution in [1.29, 1.82) is 0 Å². The van der Waals surface area contributed by atoms with Gasteiger partial charge in [0.05, 0.1) is 11.2 Å². The van der Waals surface area contributed by atoms with Gasteiger partial charge in [0.1, 0.15) is 0 Å². The maximum atomic E-state index is 6.29. The molecule has 1 aliphatic rings. The Morgan fingerprint density at radius 1 is 0.265 bits per heavy atom. The summed E-state index contributed by atoms with van der Waals surface area (Å²) in [6, 6.07) is 107. The number of anilines is 9. The van der Waals surface area contributed by atoms with Gasteiger partial charge in [0, 0.05) is 65.7 Å². The first kappa shape index (κ1) is 73.4. The van der Waals surface area contributed by atoms with Crippen LogP contribution < -0.4 is 20.2 Å². The van der Waals surface area contributed by atoms with E-state index in [-0.39, 0.29) is 25.7 Å². The highest BCUT2D eigenvalue weighted by atomic mass is 79.9. The lowest BCUT2D eigenvalue weighted by Gasteiger charge is -2.32. The molecule has 0 saturated carbocycles. The first-order chi connectivity index (χ1) is 48.6. The molecule has 1 heterocycles. The number of nitrogens with zero attached hydrogens (tertiary/aromatic N) is 3. The van der Waals surface area contributed by atoms with E-state index in [1.807, 2.05) is 36.4 Å². The Kier molecular flexibility index (Phi) is 23.1. The Morgan fingerprint density at radius 2 is 0.529 bits per heavy atom. The van der Waals surface area contributed by atoms with Crippen LogP contribution in [0.25, 0.3) is 44.5 Å². The summed E-state index contributed by atoms with van der Waals surface area (Å²) in [4.78, 5) is 7.00. The highest BCUT2D eigenvalue weighted by Gasteiger charge is 2.52. The second kappa shape index (κ2) is 32.0. The topological polar surface area (TPSA) is 28.2 Å². The lowest BCUT2D eigenvalue weighted by Crippen LogP contribution is -2.41. The van der Waals surface area contributed by atoms with E-state index in [4.69, 9.17) is 9.31 Å². The van der Waals surface area contributed by atoms with Gasteiger partial charge in [0.25, 0.3) is 0 Å². The fourth-order valence-electron chi connectivity index (χ4n) is 13.0. The molecule has 8 heteroatoms. The minimum Gasteiger partial charge on any atom is -0.399 e. The van der Waals surface area contributed by atoms with E-state index in [1.165, 1.54) is 89.0 Å². The van der Waals surface area contributed by atoms with Crippen LogP contribution in [0.5, 0.6) is 0 Å². The second-order valence-corrected chi connectivity index (χ2v) is 29.4. The Morgan fingerprint density at radius 3 is 0.824 bits per heavy atom. The molecule has 13 aromatic carbocycles. The van der Waals surface area contributed by atoms with Gasteiger partial charge in [-0.05, 0) is 272 Å². The standard InChI is InChI=1S/C54H48N2.C27H32BNO2.C12H8Br2.CH4/c1-37-15-23-44(24-16-37)55(45-25-17-38(2)18-26-45)48-31-33-50(41(5)35-48)52-13-10-14-53(54(52)43-11-8-7-9-12-43)51-34-32-49(36-42(51)6)56(46-27-19-39(3)20-28-46)47-29-21-40(4)22-30-47;1-19-8-12-22(13-9-19)29(23-14-10-20(2)11-15-23)24-16-17-25(21(3)18-24)28-30-26(4,5)27(6,7)31-28;13-10-7-4-8-11(14)12(10)9-5-2-1-3-6-9;/h7-36H,1-6H3;8-18H,1-7H3;1-8H;1H4. The summed E-state index contributed by atoms with van der Waals surface area (Å²) in [5, 5.41) is 0. The number of hydrogen-bond acceptors (Lipinski definition) is 5. The number of benzene rings is 13. The molecule has 13 aromatic rings. The van der Waals surface area contributed by atoms with Gasteiger partial charge in [-0.2, -0.15) is 0 Å². The van der Waals surface area contributed by atoms with E-state index in [1.54, 1.807) is 0 Å². The van der Waals surface area contributed by atoms with Gasteiger partial charge in [-0.25, -0.2) is 0 Å². The lowest BCUT2D eigenvalue weighted by atomic mass is 9.76. The third-order valence-electron chi connectivity index (χ3n) is 19.4. The number of aryl methyl sites for hydroxylation is 9. The molecule has 0 aromatic heterocycles. The van der Waals surface area contributed by atoms with E-state index >= 15 is 0 Å².